The number of nitrogens with one attached hydrogen (secondary N) is 2. The van der Waals surface area contributed by atoms with Crippen molar-refractivity contribution in [1.29, 1.82) is 0 Å². The molecule has 142 valence electrons. The van der Waals surface area contributed by atoms with E-state index in [-0.39, 0.29) is 22.0 Å². The molecule has 0 atom stereocenters. The smallest absolute Gasteiger partial charge is 0.270 e. The molecule has 0 bridgehead atoms. The van der Waals surface area contributed by atoms with E-state index in [2.05, 4.69) is 21.8 Å². The van der Waals surface area contributed by atoms with Crippen LogP contribution in [0.5, 0.6) is 5.75 Å². The van der Waals surface area contributed by atoms with Crippen LogP contribution in [0.1, 0.15) is 6.92 Å². The highest BCUT2D eigenvalue weighted by atomic mass is 32.2. The van der Waals surface area contributed by atoms with Crippen LogP contribution in [0.25, 0.3) is 0 Å². The Kier molecular flexibility index (Phi) is 6.14. The van der Waals surface area contributed by atoms with Gasteiger partial charge in [0.05, 0.1) is 17.7 Å². The van der Waals surface area contributed by atoms with Gasteiger partial charge in [-0.15, -0.1) is 0 Å². The molecule has 27 heavy (non-hydrogen) atoms. The minimum atomic E-state index is -4.12. The second kappa shape index (κ2) is 8.32. The molecule has 0 saturated heterocycles. The van der Waals surface area contributed by atoms with Crippen LogP contribution in [-0.2, 0) is 10.0 Å². The number of rotatable bonds is 8. The summed E-state index contributed by atoms with van der Waals surface area (Å²) in [5.74, 6) is 0.560. The van der Waals surface area contributed by atoms with Gasteiger partial charge in [-0.25, -0.2) is 8.42 Å². The average molecular weight is 390 g/mol. The minimum Gasteiger partial charge on any atom is -0.497 e. The van der Waals surface area contributed by atoms with Crippen molar-refractivity contribution in [3.8, 4) is 5.75 Å². The van der Waals surface area contributed by atoms with Gasteiger partial charge in [-0.3, -0.25) is 20.3 Å². The van der Waals surface area contributed by atoms with E-state index in [1.165, 1.54) is 37.6 Å². The number of hydrogen-bond donors (Lipinski definition) is 2. The Labute approximate surface area is 156 Å². The van der Waals surface area contributed by atoms with Crippen molar-refractivity contribution < 1.29 is 18.1 Å². The molecule has 0 aliphatic rings. The monoisotopic (exact) mass is 390 g/mol. The second-order valence-electron chi connectivity index (χ2n) is 5.49. The summed E-state index contributed by atoms with van der Waals surface area (Å²) in [5.41, 5.74) is 3.21. The maximum absolute atomic E-state index is 12.8. The van der Waals surface area contributed by atoms with Crippen LogP contribution >= 0.6 is 0 Å². The molecule has 0 saturated carbocycles. The van der Waals surface area contributed by atoms with Crippen molar-refractivity contribution in [1.82, 2.24) is 0 Å². The quantitative estimate of drug-likeness (QED) is 0.405. The summed E-state index contributed by atoms with van der Waals surface area (Å²) in [7, 11) is -2.63. The number of methoxy groups -OCH3 is 1. The first kappa shape index (κ1) is 19.9. The summed E-state index contributed by atoms with van der Waals surface area (Å²) < 4.78 is 32.9. The fourth-order valence-corrected chi connectivity index (χ4v) is 3.26. The predicted octanol–water partition coefficient (Wildman–Crippen LogP) is 3.38. The number of anilines is 2. The first-order valence-electron chi connectivity index (χ1n) is 7.63. The number of hydrogen-bond acceptors (Lipinski definition) is 7. The third kappa shape index (κ3) is 5.28. The molecular formula is C17H18N4O5S. The molecule has 9 nitrogen and oxygen atoms in total. The van der Waals surface area contributed by atoms with Crippen molar-refractivity contribution in [3.63, 3.8) is 0 Å². The number of ether oxygens (including phenoxy) is 1. The average Bonchev–Trinajstić information content (AvgIpc) is 2.61. The predicted molar refractivity (Wildman–Crippen MR) is 104 cm³/mol. The Morgan fingerprint density at radius 1 is 1.26 bits per heavy atom. The lowest BCUT2D eigenvalue weighted by Gasteiger charge is -2.12. The van der Waals surface area contributed by atoms with Gasteiger partial charge < -0.3 is 4.74 Å². The van der Waals surface area contributed by atoms with Crippen LogP contribution < -0.4 is 14.9 Å². The molecule has 0 spiro atoms. The lowest BCUT2D eigenvalue weighted by Crippen LogP contribution is -2.15. The number of sulfonamides is 1. The zero-order chi connectivity index (χ0) is 20.0. The van der Waals surface area contributed by atoms with E-state index in [0.29, 0.717) is 11.3 Å². The molecule has 2 aromatic carbocycles. The zero-order valence-corrected chi connectivity index (χ0v) is 15.5. The molecule has 2 N–H and O–H groups in total. The maximum atomic E-state index is 12.8. The Bertz CT molecular complexity index is 985. The summed E-state index contributed by atoms with van der Waals surface area (Å²) in [6.45, 7) is 5.36. The normalized spacial score (nSPS) is 11.2. The maximum Gasteiger partial charge on any atom is 0.270 e. The number of benzene rings is 2. The van der Waals surface area contributed by atoms with E-state index in [0.717, 1.165) is 6.07 Å². The lowest BCUT2D eigenvalue weighted by atomic mass is 10.3. The van der Waals surface area contributed by atoms with Crippen LogP contribution in [0, 0.1) is 10.1 Å². The first-order valence-corrected chi connectivity index (χ1v) is 9.11. The summed E-state index contributed by atoms with van der Waals surface area (Å²) in [6, 6.07) is 9.62. The van der Waals surface area contributed by atoms with Gasteiger partial charge in [-0.05, 0) is 42.8 Å². The highest BCUT2D eigenvalue weighted by Crippen LogP contribution is 2.28. The molecule has 0 radical (unpaired) electrons. The third-order valence-electron chi connectivity index (χ3n) is 3.28. The zero-order valence-electron chi connectivity index (χ0n) is 14.7. The highest BCUT2D eigenvalue weighted by Gasteiger charge is 2.22. The number of nitro benzene ring substituents is 1. The van der Waals surface area contributed by atoms with Crippen LogP contribution in [-0.4, -0.2) is 26.7 Å². The fraction of sp³-hybridized carbons (Fsp3) is 0.118. The number of nitrogens with zero attached hydrogens (tertiary/aromatic N) is 2. The van der Waals surface area contributed by atoms with Gasteiger partial charge in [0.2, 0.25) is 0 Å². The van der Waals surface area contributed by atoms with E-state index < -0.39 is 14.9 Å². The number of hydrazone groups is 1. The Balaban J connectivity index is 2.42. The molecule has 0 aliphatic heterocycles. The number of non-ortho nitro benzene ring substituents is 1. The van der Waals surface area contributed by atoms with E-state index in [1.54, 1.807) is 19.1 Å². The van der Waals surface area contributed by atoms with Crippen molar-refractivity contribution in [2.75, 3.05) is 17.3 Å². The molecule has 0 aliphatic carbocycles. The molecular weight excluding hydrogens is 372 g/mol. The second-order valence-corrected chi connectivity index (χ2v) is 7.14. The molecule has 0 fully saturated rings. The van der Waals surface area contributed by atoms with Crippen LogP contribution in [0.2, 0.25) is 0 Å². The SMILES string of the molecule is C=C(C)/C=N\Nc1ccc([N+](=O)[O-])cc1S(=O)(=O)Nc1ccc(OC)cc1. The van der Waals surface area contributed by atoms with Crippen LogP contribution in [0.4, 0.5) is 17.1 Å². The number of nitro groups is 1. The van der Waals surface area contributed by atoms with E-state index in [1.807, 2.05) is 0 Å². The molecule has 0 aromatic heterocycles. The van der Waals surface area contributed by atoms with Gasteiger partial charge in [-0.1, -0.05) is 6.58 Å². The van der Waals surface area contributed by atoms with E-state index >= 15 is 0 Å². The van der Waals surface area contributed by atoms with Gasteiger partial charge in [0.25, 0.3) is 15.7 Å². The molecule has 0 amide bonds. The molecule has 2 rings (SSSR count). The Morgan fingerprint density at radius 3 is 2.48 bits per heavy atom. The third-order valence-corrected chi connectivity index (χ3v) is 4.70. The lowest BCUT2D eigenvalue weighted by molar-refractivity contribution is -0.385. The van der Waals surface area contributed by atoms with Crippen LogP contribution in [0.15, 0.2) is 64.6 Å². The summed E-state index contributed by atoms with van der Waals surface area (Å²) in [6.07, 6.45) is 1.40. The van der Waals surface area contributed by atoms with Crippen molar-refractivity contribution >= 4 is 33.3 Å². The van der Waals surface area contributed by atoms with Gasteiger partial charge in [0.15, 0.2) is 0 Å². The largest absolute Gasteiger partial charge is 0.497 e. The molecule has 2 aromatic rings. The highest BCUT2D eigenvalue weighted by molar-refractivity contribution is 7.92. The van der Waals surface area contributed by atoms with Crippen molar-refractivity contribution in [3.05, 3.63) is 64.7 Å². The summed E-state index contributed by atoms with van der Waals surface area (Å²) in [4.78, 5) is 10.1. The van der Waals surface area contributed by atoms with Crippen LogP contribution in [0.3, 0.4) is 0 Å². The van der Waals surface area contributed by atoms with Crippen molar-refractivity contribution in [2.45, 2.75) is 11.8 Å². The van der Waals surface area contributed by atoms with Crippen molar-refractivity contribution in [2.24, 2.45) is 5.10 Å². The van der Waals surface area contributed by atoms with Gasteiger partial charge in [-0.2, -0.15) is 5.10 Å². The minimum absolute atomic E-state index is 0.0825. The topological polar surface area (TPSA) is 123 Å². The molecule has 10 heteroatoms. The summed E-state index contributed by atoms with van der Waals surface area (Å²) >= 11 is 0. The summed E-state index contributed by atoms with van der Waals surface area (Å²) in [5, 5.41) is 14.9. The van der Waals surface area contributed by atoms with Gasteiger partial charge in [0, 0.05) is 24.0 Å². The van der Waals surface area contributed by atoms with Gasteiger partial charge in [0.1, 0.15) is 10.6 Å². The molecule has 0 heterocycles. The Hall–Kier alpha value is -3.40. The number of allylic oxidation sites excluding steroid dienone is 1. The molecule has 0 unspecified atom stereocenters. The fourth-order valence-electron chi connectivity index (χ4n) is 2.02. The van der Waals surface area contributed by atoms with E-state index in [4.69, 9.17) is 4.74 Å². The standard InChI is InChI=1S/C17H18N4O5S/c1-12(2)11-18-19-16-9-6-14(21(22)23)10-17(16)27(24,25)20-13-4-7-15(26-3)8-5-13/h4-11,19-20H,1H2,2-3H3/b18-11-. The Morgan fingerprint density at radius 2 is 1.93 bits per heavy atom. The van der Waals surface area contributed by atoms with E-state index in [9.17, 15) is 18.5 Å². The van der Waals surface area contributed by atoms with Gasteiger partial charge >= 0.3 is 0 Å². The first-order chi connectivity index (χ1) is 12.7.